The number of hydrogen-bond donors (Lipinski definition) is 0. The monoisotopic (exact) mass is 489 g/mol. The van der Waals surface area contributed by atoms with Gasteiger partial charge in [-0.2, -0.15) is 0 Å². The van der Waals surface area contributed by atoms with Crippen LogP contribution in [0.4, 0.5) is 0 Å². The third kappa shape index (κ3) is 6.40. The molecule has 0 aliphatic carbocycles. The highest BCUT2D eigenvalue weighted by atomic mass is 31.1. The van der Waals surface area contributed by atoms with Crippen molar-refractivity contribution >= 4 is 24.9 Å². The number of nitrogens with zero attached hydrogens (tertiary/aromatic N) is 1. The van der Waals surface area contributed by atoms with Gasteiger partial charge in [-0.25, -0.2) is 0 Å². The molecule has 0 saturated carbocycles. The van der Waals surface area contributed by atoms with Crippen LogP contribution in [-0.4, -0.2) is 26.7 Å². The van der Waals surface area contributed by atoms with E-state index in [1.807, 2.05) is 13.1 Å². The van der Waals surface area contributed by atoms with Crippen LogP contribution >= 0.6 is 8.58 Å². The van der Waals surface area contributed by atoms with Gasteiger partial charge in [0.05, 0.1) is 5.71 Å². The van der Waals surface area contributed by atoms with E-state index in [4.69, 9.17) is 14.5 Å². The highest BCUT2D eigenvalue weighted by Gasteiger charge is 2.27. The minimum atomic E-state index is -0.0712. The molecule has 4 heteroatoms. The third-order valence-electron chi connectivity index (χ3n) is 6.14. The molecule has 0 bridgehead atoms. The predicted molar refractivity (Wildman–Crippen MR) is 153 cm³/mol. The van der Waals surface area contributed by atoms with E-state index < -0.39 is 0 Å². The van der Waals surface area contributed by atoms with Crippen LogP contribution in [0.25, 0.3) is 0 Å². The summed E-state index contributed by atoms with van der Waals surface area (Å²) in [5, 5.41) is 2.50. The van der Waals surface area contributed by atoms with Crippen LogP contribution in [0, 0.1) is 6.92 Å². The average molecular weight is 490 g/mol. The quantitative estimate of drug-likeness (QED) is 0.211. The summed E-state index contributed by atoms with van der Waals surface area (Å²) in [6, 6.07) is 21.6. The number of ether oxygens (including phenoxy) is 2. The smallest absolute Gasteiger partial charge is 0.188 e. The van der Waals surface area contributed by atoms with E-state index in [9.17, 15) is 0 Å². The Labute approximate surface area is 213 Å². The first-order valence-electron chi connectivity index (χ1n) is 12.2. The van der Waals surface area contributed by atoms with Gasteiger partial charge in [0.15, 0.2) is 6.79 Å². The molecule has 0 N–H and O–H groups in total. The molecule has 0 aliphatic heterocycles. The van der Waals surface area contributed by atoms with Crippen LogP contribution in [0.5, 0.6) is 5.75 Å². The molecule has 35 heavy (non-hydrogen) atoms. The molecule has 0 heterocycles. The third-order valence-corrected chi connectivity index (χ3v) is 7.70. The SMILES string of the molecule is CN=C(c1ccccc1)c1cccc(C)c1Pc1cc(C(C)(C)C)cc(C(C)(C)C)c1OCOC. The van der Waals surface area contributed by atoms with Crippen LogP contribution in [0.2, 0.25) is 0 Å². The topological polar surface area (TPSA) is 30.8 Å². The second-order valence-electron chi connectivity index (χ2n) is 11.0. The lowest BCUT2D eigenvalue weighted by molar-refractivity contribution is 0.0506. The number of aliphatic imine (C=N–C) groups is 1. The Morgan fingerprint density at radius 2 is 1.57 bits per heavy atom. The summed E-state index contributed by atoms with van der Waals surface area (Å²) in [5.41, 5.74) is 7.05. The van der Waals surface area contributed by atoms with E-state index in [1.165, 1.54) is 32.9 Å². The number of rotatable bonds is 7. The van der Waals surface area contributed by atoms with Crippen molar-refractivity contribution < 1.29 is 9.47 Å². The van der Waals surface area contributed by atoms with E-state index in [0.29, 0.717) is 8.58 Å². The highest BCUT2D eigenvalue weighted by molar-refractivity contribution is 7.56. The van der Waals surface area contributed by atoms with Crippen molar-refractivity contribution in [2.45, 2.75) is 59.3 Å². The summed E-state index contributed by atoms with van der Waals surface area (Å²) >= 11 is 0. The van der Waals surface area contributed by atoms with Crippen molar-refractivity contribution in [1.82, 2.24) is 0 Å². The number of methoxy groups -OCH3 is 1. The largest absolute Gasteiger partial charge is 0.467 e. The van der Waals surface area contributed by atoms with Gasteiger partial charge >= 0.3 is 0 Å². The maximum absolute atomic E-state index is 6.29. The van der Waals surface area contributed by atoms with Gasteiger partial charge in [-0.3, -0.25) is 4.99 Å². The highest BCUT2D eigenvalue weighted by Crippen LogP contribution is 2.38. The molecule has 0 radical (unpaired) electrons. The van der Waals surface area contributed by atoms with Crippen molar-refractivity contribution in [2.24, 2.45) is 4.99 Å². The molecular weight excluding hydrogens is 449 g/mol. The minimum Gasteiger partial charge on any atom is -0.467 e. The molecule has 0 spiro atoms. The van der Waals surface area contributed by atoms with E-state index >= 15 is 0 Å². The molecule has 0 fully saturated rings. The first-order chi connectivity index (χ1) is 16.5. The van der Waals surface area contributed by atoms with Gasteiger partial charge in [0.2, 0.25) is 0 Å². The maximum atomic E-state index is 6.29. The normalized spacial score (nSPS) is 13.0. The Balaban J connectivity index is 2.25. The lowest BCUT2D eigenvalue weighted by Gasteiger charge is -2.29. The molecule has 0 aromatic heterocycles. The molecule has 0 saturated heterocycles. The summed E-state index contributed by atoms with van der Waals surface area (Å²) in [7, 11) is 3.96. The lowest BCUT2D eigenvalue weighted by Crippen LogP contribution is -2.25. The van der Waals surface area contributed by atoms with E-state index in [1.54, 1.807) is 7.11 Å². The summed E-state index contributed by atoms with van der Waals surface area (Å²) in [6.07, 6.45) is 0. The molecule has 0 amide bonds. The maximum Gasteiger partial charge on any atom is 0.188 e. The first-order valence-corrected chi connectivity index (χ1v) is 13.2. The first kappa shape index (κ1) is 27.1. The van der Waals surface area contributed by atoms with Gasteiger partial charge in [0.1, 0.15) is 5.75 Å². The van der Waals surface area contributed by atoms with Gasteiger partial charge in [-0.1, -0.05) is 105 Å². The molecule has 186 valence electrons. The Morgan fingerprint density at radius 3 is 2.14 bits per heavy atom. The Bertz CT molecular complexity index is 1190. The summed E-state index contributed by atoms with van der Waals surface area (Å²) < 4.78 is 11.6. The van der Waals surface area contributed by atoms with Gasteiger partial charge in [0.25, 0.3) is 0 Å². The Morgan fingerprint density at radius 1 is 0.886 bits per heavy atom. The van der Waals surface area contributed by atoms with Crippen molar-refractivity contribution in [3.8, 4) is 5.75 Å². The molecule has 1 atom stereocenters. The van der Waals surface area contributed by atoms with Gasteiger partial charge in [0, 0.05) is 36.2 Å². The van der Waals surface area contributed by atoms with Crippen LogP contribution < -0.4 is 15.3 Å². The predicted octanol–water partition coefficient (Wildman–Crippen LogP) is 6.67. The van der Waals surface area contributed by atoms with Crippen LogP contribution in [0.15, 0.2) is 65.7 Å². The van der Waals surface area contributed by atoms with Gasteiger partial charge in [-0.05, 0) is 40.3 Å². The molecule has 0 aliphatic rings. The molecule has 3 rings (SSSR count). The lowest BCUT2D eigenvalue weighted by atomic mass is 9.80. The van der Waals surface area contributed by atoms with E-state index in [-0.39, 0.29) is 17.6 Å². The average Bonchev–Trinajstić information content (AvgIpc) is 2.79. The van der Waals surface area contributed by atoms with Crippen molar-refractivity contribution in [3.63, 3.8) is 0 Å². The van der Waals surface area contributed by atoms with Gasteiger partial charge < -0.3 is 9.47 Å². The zero-order valence-electron chi connectivity index (χ0n) is 22.7. The number of benzene rings is 3. The number of hydrogen-bond acceptors (Lipinski definition) is 3. The summed E-state index contributed by atoms with van der Waals surface area (Å²) in [4.78, 5) is 4.73. The van der Waals surface area contributed by atoms with Crippen LogP contribution in [0.3, 0.4) is 0 Å². The zero-order valence-corrected chi connectivity index (χ0v) is 23.7. The fraction of sp³-hybridized carbons (Fsp3) is 0.387. The standard InChI is InChI=1S/C31H40NO2P/c1-21-14-13-17-24(27(32-8)22-15-11-10-12-16-22)29(21)35-26-19-23(30(2,3)4)18-25(31(5,6)7)28(26)34-20-33-9/h10-19,35H,20H2,1-9H3. The van der Waals surface area contributed by atoms with E-state index in [2.05, 4.69) is 103 Å². The fourth-order valence-corrected chi connectivity index (χ4v) is 5.59. The minimum absolute atomic E-state index is 0.0215. The van der Waals surface area contributed by atoms with Crippen molar-refractivity contribution in [1.29, 1.82) is 0 Å². The Kier molecular flexibility index (Phi) is 8.57. The van der Waals surface area contributed by atoms with Crippen molar-refractivity contribution in [2.75, 3.05) is 21.0 Å². The second-order valence-corrected chi connectivity index (χ2v) is 12.3. The zero-order chi connectivity index (χ0) is 25.8. The van der Waals surface area contributed by atoms with Gasteiger partial charge in [-0.15, -0.1) is 0 Å². The molecular formula is C31H40NO2P. The van der Waals surface area contributed by atoms with E-state index in [0.717, 1.165) is 17.0 Å². The molecule has 3 aromatic rings. The summed E-state index contributed by atoms with van der Waals surface area (Å²) in [6.45, 7) is 16.0. The molecule has 1 unspecified atom stereocenters. The fourth-order valence-electron chi connectivity index (χ4n) is 4.15. The Hall–Kier alpha value is -2.48. The number of aryl methyl sites for hydroxylation is 1. The second kappa shape index (κ2) is 11.1. The molecule has 3 nitrogen and oxygen atoms in total. The van der Waals surface area contributed by atoms with Crippen LogP contribution in [-0.2, 0) is 15.6 Å². The molecule has 3 aromatic carbocycles. The van der Waals surface area contributed by atoms with Crippen molar-refractivity contribution in [3.05, 3.63) is 88.5 Å². The van der Waals surface area contributed by atoms with Crippen LogP contribution in [0.1, 0.15) is 69.4 Å². The summed E-state index contributed by atoms with van der Waals surface area (Å²) in [5.74, 6) is 0.939.